The van der Waals surface area contributed by atoms with Gasteiger partial charge in [-0.25, -0.2) is 4.98 Å². The van der Waals surface area contributed by atoms with Gasteiger partial charge in [0.2, 0.25) is 11.8 Å². The van der Waals surface area contributed by atoms with Crippen molar-refractivity contribution in [3.8, 4) is 0 Å². The number of hydrogen-bond acceptors (Lipinski definition) is 5. The van der Waals surface area contributed by atoms with Crippen LogP contribution < -0.4 is 10.6 Å². The van der Waals surface area contributed by atoms with Gasteiger partial charge in [-0.15, -0.1) is 11.8 Å². The normalized spacial score (nSPS) is 14.4. The van der Waals surface area contributed by atoms with E-state index in [2.05, 4.69) is 26.6 Å². The number of carbonyl (C=O) groups excluding carboxylic acids is 2. The number of piperidine rings is 1. The Bertz CT molecular complexity index is 1090. The number of anilines is 1. The van der Waals surface area contributed by atoms with Crippen molar-refractivity contribution >= 4 is 29.3 Å². The Kier molecular flexibility index (Phi) is 9.32. The van der Waals surface area contributed by atoms with E-state index in [4.69, 9.17) is 0 Å². The Morgan fingerprint density at radius 2 is 1.69 bits per heavy atom. The molecule has 7 heteroatoms. The molecular formula is C28H32N4O2S. The summed E-state index contributed by atoms with van der Waals surface area (Å²) in [4.78, 5) is 31.4. The molecule has 2 N–H and O–H groups in total. The van der Waals surface area contributed by atoms with Crippen LogP contribution in [0.1, 0.15) is 30.4 Å². The van der Waals surface area contributed by atoms with E-state index in [-0.39, 0.29) is 17.9 Å². The van der Waals surface area contributed by atoms with Crippen LogP contribution in [0.15, 0.2) is 84.0 Å². The van der Waals surface area contributed by atoms with Crippen molar-refractivity contribution in [3.05, 3.63) is 90.1 Å². The summed E-state index contributed by atoms with van der Waals surface area (Å²) in [6, 6.07) is 24.1. The summed E-state index contributed by atoms with van der Waals surface area (Å²) in [5.41, 5.74) is 3.14. The van der Waals surface area contributed by atoms with Gasteiger partial charge in [0.1, 0.15) is 0 Å². The highest BCUT2D eigenvalue weighted by molar-refractivity contribution is 7.98. The monoisotopic (exact) mass is 488 g/mol. The van der Waals surface area contributed by atoms with Crippen LogP contribution in [0.2, 0.25) is 0 Å². The molecule has 2 aromatic carbocycles. The molecule has 1 aromatic heterocycles. The van der Waals surface area contributed by atoms with Crippen molar-refractivity contribution in [1.29, 1.82) is 0 Å². The minimum Gasteiger partial charge on any atom is -0.353 e. The third-order valence-corrected chi connectivity index (χ3v) is 7.05. The summed E-state index contributed by atoms with van der Waals surface area (Å²) in [5, 5.41) is 7.17. The Labute approximate surface area is 211 Å². The number of aryl methyl sites for hydroxylation is 1. The number of nitrogens with zero attached hydrogens (tertiary/aromatic N) is 2. The Hall–Kier alpha value is -3.16. The van der Waals surface area contributed by atoms with Crippen molar-refractivity contribution in [3.63, 3.8) is 0 Å². The second kappa shape index (κ2) is 13.1. The standard InChI is InChI=1S/C28H32N4O2S/c33-26(13-12-22-7-2-1-3-8-22)30-24-14-17-32(18-15-24)20-27(34)31-25-10-6-9-23(19-25)21-35-28-11-4-5-16-29-28/h1-11,16,19,24H,12-15,17-18,20-21H2,(H,30,33)(H,31,34). The molecule has 35 heavy (non-hydrogen) atoms. The molecule has 1 aliphatic rings. The first-order valence-electron chi connectivity index (χ1n) is 12.1. The van der Waals surface area contributed by atoms with Gasteiger partial charge in [-0.1, -0.05) is 48.5 Å². The van der Waals surface area contributed by atoms with Crippen LogP contribution in [0.3, 0.4) is 0 Å². The van der Waals surface area contributed by atoms with Crippen LogP contribution in [-0.4, -0.2) is 47.4 Å². The SMILES string of the molecule is O=C(CN1CCC(NC(=O)CCc2ccccc2)CC1)Nc1cccc(CSc2ccccn2)c1. The van der Waals surface area contributed by atoms with Crippen molar-refractivity contribution in [2.24, 2.45) is 0 Å². The molecule has 4 rings (SSSR count). The number of thioether (sulfide) groups is 1. The summed E-state index contributed by atoms with van der Waals surface area (Å²) in [6.45, 7) is 1.97. The van der Waals surface area contributed by atoms with Gasteiger partial charge >= 0.3 is 0 Å². The van der Waals surface area contributed by atoms with E-state index in [0.717, 1.165) is 54.4 Å². The Balaban J connectivity index is 1.15. The average Bonchev–Trinajstić information content (AvgIpc) is 2.89. The zero-order valence-electron chi connectivity index (χ0n) is 19.9. The Morgan fingerprint density at radius 3 is 2.46 bits per heavy atom. The van der Waals surface area contributed by atoms with E-state index in [0.29, 0.717) is 13.0 Å². The van der Waals surface area contributed by atoms with Gasteiger partial charge in [0.25, 0.3) is 0 Å². The molecular weight excluding hydrogens is 456 g/mol. The number of rotatable bonds is 10. The maximum absolute atomic E-state index is 12.6. The zero-order valence-corrected chi connectivity index (χ0v) is 20.7. The van der Waals surface area contributed by atoms with Gasteiger partial charge in [-0.2, -0.15) is 0 Å². The van der Waals surface area contributed by atoms with Crippen molar-refractivity contribution in [1.82, 2.24) is 15.2 Å². The number of nitrogens with one attached hydrogen (secondary N) is 2. The highest BCUT2D eigenvalue weighted by atomic mass is 32.2. The van der Waals surface area contributed by atoms with Crippen LogP contribution in [0.5, 0.6) is 0 Å². The first-order valence-corrected chi connectivity index (χ1v) is 13.1. The van der Waals surface area contributed by atoms with E-state index >= 15 is 0 Å². The molecule has 1 fully saturated rings. The van der Waals surface area contributed by atoms with Crippen molar-refractivity contribution in [2.75, 3.05) is 25.0 Å². The van der Waals surface area contributed by atoms with Gasteiger partial charge in [-0.05, 0) is 54.7 Å². The third kappa shape index (κ3) is 8.53. The first-order chi connectivity index (χ1) is 17.1. The lowest BCUT2D eigenvalue weighted by atomic mass is 10.0. The minimum absolute atomic E-state index is 0.00937. The molecule has 6 nitrogen and oxygen atoms in total. The second-order valence-corrected chi connectivity index (χ2v) is 9.80. The maximum Gasteiger partial charge on any atom is 0.238 e. The van der Waals surface area contributed by atoms with Crippen LogP contribution in [0.25, 0.3) is 0 Å². The molecule has 1 saturated heterocycles. The van der Waals surface area contributed by atoms with Gasteiger partial charge in [0, 0.05) is 43.2 Å². The molecule has 0 unspecified atom stereocenters. The predicted molar refractivity (Wildman–Crippen MR) is 141 cm³/mol. The fraction of sp³-hybridized carbons (Fsp3) is 0.321. The fourth-order valence-corrected chi connectivity index (χ4v) is 4.97. The molecule has 182 valence electrons. The van der Waals surface area contributed by atoms with Gasteiger partial charge in [-0.3, -0.25) is 14.5 Å². The van der Waals surface area contributed by atoms with E-state index in [1.54, 1.807) is 18.0 Å². The van der Waals surface area contributed by atoms with Crippen molar-refractivity contribution < 1.29 is 9.59 Å². The highest BCUT2D eigenvalue weighted by Gasteiger charge is 2.22. The molecule has 0 radical (unpaired) electrons. The number of benzene rings is 2. The van der Waals surface area contributed by atoms with Crippen LogP contribution in [-0.2, 0) is 21.8 Å². The first kappa shape index (κ1) is 24.9. The second-order valence-electron chi connectivity index (χ2n) is 8.81. The largest absolute Gasteiger partial charge is 0.353 e. The number of carbonyl (C=O) groups is 2. The maximum atomic E-state index is 12.6. The van der Waals surface area contributed by atoms with Crippen LogP contribution in [0, 0.1) is 0 Å². The van der Waals surface area contributed by atoms with Crippen LogP contribution >= 0.6 is 11.8 Å². The lowest BCUT2D eigenvalue weighted by Gasteiger charge is -2.31. The summed E-state index contributed by atoms with van der Waals surface area (Å²) in [7, 11) is 0. The lowest BCUT2D eigenvalue weighted by Crippen LogP contribution is -2.46. The lowest BCUT2D eigenvalue weighted by molar-refractivity contribution is -0.122. The van der Waals surface area contributed by atoms with E-state index in [1.165, 1.54) is 5.56 Å². The molecule has 0 aliphatic carbocycles. The molecule has 0 atom stereocenters. The van der Waals surface area contributed by atoms with E-state index < -0.39 is 0 Å². The number of likely N-dealkylation sites (tertiary alicyclic amines) is 1. The average molecular weight is 489 g/mol. The number of hydrogen-bond donors (Lipinski definition) is 2. The summed E-state index contributed by atoms with van der Waals surface area (Å²) in [6.07, 6.45) is 4.79. The Morgan fingerprint density at radius 1 is 0.914 bits per heavy atom. The molecule has 3 aromatic rings. The molecule has 0 spiro atoms. The fourth-order valence-electron chi connectivity index (χ4n) is 4.17. The topological polar surface area (TPSA) is 74.3 Å². The van der Waals surface area contributed by atoms with Gasteiger partial charge in [0.05, 0.1) is 11.6 Å². The number of aromatic nitrogens is 1. The van der Waals surface area contributed by atoms with Crippen LogP contribution in [0.4, 0.5) is 5.69 Å². The quantitative estimate of drug-likeness (QED) is 0.410. The van der Waals surface area contributed by atoms with Gasteiger partial charge < -0.3 is 10.6 Å². The molecule has 2 amide bonds. The smallest absolute Gasteiger partial charge is 0.238 e. The highest BCUT2D eigenvalue weighted by Crippen LogP contribution is 2.22. The molecule has 2 heterocycles. The summed E-state index contributed by atoms with van der Waals surface area (Å²) >= 11 is 1.67. The minimum atomic E-state index is -0.00937. The molecule has 0 saturated carbocycles. The van der Waals surface area contributed by atoms with E-state index in [1.807, 2.05) is 66.7 Å². The number of pyridine rings is 1. The predicted octanol–water partition coefficient (Wildman–Crippen LogP) is 4.53. The summed E-state index contributed by atoms with van der Waals surface area (Å²) in [5.74, 6) is 0.890. The number of amides is 2. The molecule has 0 bridgehead atoms. The third-order valence-electron chi connectivity index (χ3n) is 6.04. The summed E-state index contributed by atoms with van der Waals surface area (Å²) < 4.78 is 0. The van der Waals surface area contributed by atoms with Crippen molar-refractivity contribution in [2.45, 2.75) is 42.5 Å². The molecule has 1 aliphatic heterocycles. The van der Waals surface area contributed by atoms with Gasteiger partial charge in [0.15, 0.2) is 0 Å². The van der Waals surface area contributed by atoms with E-state index in [9.17, 15) is 9.59 Å². The zero-order chi connectivity index (χ0) is 24.3.